The first-order chi connectivity index (χ1) is 10.7. The third kappa shape index (κ3) is 3.08. The van der Waals surface area contributed by atoms with E-state index in [0.717, 1.165) is 16.7 Å². The number of hydrogen-bond acceptors (Lipinski definition) is 4. The largest absolute Gasteiger partial charge is 0.493 e. The normalized spacial score (nSPS) is 9.27. The van der Waals surface area contributed by atoms with Gasteiger partial charge < -0.3 is 9.47 Å². The molecular formula is C18H14N2O2. The van der Waals surface area contributed by atoms with Crippen molar-refractivity contribution in [3.63, 3.8) is 0 Å². The van der Waals surface area contributed by atoms with Crippen molar-refractivity contribution in [3.05, 3.63) is 53.6 Å². The Morgan fingerprint density at radius 1 is 0.955 bits per heavy atom. The lowest BCUT2D eigenvalue weighted by Gasteiger charge is -2.11. The molecule has 2 rings (SSSR count). The van der Waals surface area contributed by atoms with Crippen LogP contribution in [0.1, 0.15) is 5.56 Å². The fourth-order valence-corrected chi connectivity index (χ4v) is 2.13. The second kappa shape index (κ2) is 6.97. The topological polar surface area (TPSA) is 66.0 Å². The molecule has 0 unspecified atom stereocenters. The minimum atomic E-state index is 0.0629. The van der Waals surface area contributed by atoms with Crippen LogP contribution in [-0.2, 0) is 0 Å². The highest BCUT2D eigenvalue weighted by Crippen LogP contribution is 2.34. The molecule has 0 aromatic heterocycles. The van der Waals surface area contributed by atoms with E-state index >= 15 is 0 Å². The Morgan fingerprint density at radius 3 is 2.27 bits per heavy atom. The summed E-state index contributed by atoms with van der Waals surface area (Å²) in [4.78, 5) is 0. The van der Waals surface area contributed by atoms with Crippen LogP contribution in [-0.4, -0.2) is 14.2 Å². The molecule has 0 saturated heterocycles. The zero-order valence-electron chi connectivity index (χ0n) is 12.3. The third-order valence-electron chi connectivity index (χ3n) is 3.20. The molecule has 0 fully saturated rings. The number of nitrogens with zero attached hydrogens (tertiary/aromatic N) is 2. The van der Waals surface area contributed by atoms with Crippen LogP contribution in [0.3, 0.4) is 0 Å². The molecule has 0 atom stereocenters. The predicted octanol–water partition coefficient (Wildman–Crippen LogP) is 3.80. The summed E-state index contributed by atoms with van der Waals surface area (Å²) >= 11 is 0. The van der Waals surface area contributed by atoms with Crippen molar-refractivity contribution in [1.82, 2.24) is 0 Å². The Morgan fingerprint density at radius 2 is 1.64 bits per heavy atom. The molecule has 4 heteroatoms. The van der Waals surface area contributed by atoms with Gasteiger partial charge in [-0.15, -0.1) is 0 Å². The van der Waals surface area contributed by atoms with Crippen LogP contribution in [0.15, 0.2) is 48.0 Å². The average Bonchev–Trinajstić information content (AvgIpc) is 2.59. The van der Waals surface area contributed by atoms with Gasteiger partial charge in [-0.2, -0.15) is 10.5 Å². The maximum atomic E-state index is 8.92. The maximum Gasteiger partial charge on any atom is 0.161 e. The lowest BCUT2D eigenvalue weighted by molar-refractivity contribution is 0.355. The zero-order chi connectivity index (χ0) is 15.9. The molecule has 4 nitrogen and oxygen atoms in total. The van der Waals surface area contributed by atoms with E-state index in [1.807, 2.05) is 54.6 Å². The number of allylic oxidation sites excluding steroid dienone is 1. The van der Waals surface area contributed by atoms with Crippen molar-refractivity contribution < 1.29 is 9.47 Å². The first-order valence-electron chi connectivity index (χ1n) is 6.56. The zero-order valence-corrected chi connectivity index (χ0v) is 12.3. The van der Waals surface area contributed by atoms with Crippen LogP contribution in [0.25, 0.3) is 17.2 Å². The Balaban J connectivity index is 2.58. The minimum absolute atomic E-state index is 0.0629. The van der Waals surface area contributed by atoms with Crippen LogP contribution in [0, 0.1) is 22.7 Å². The summed E-state index contributed by atoms with van der Waals surface area (Å²) in [6.45, 7) is 0. The molecule has 0 spiro atoms. The fraction of sp³-hybridized carbons (Fsp3) is 0.111. The van der Waals surface area contributed by atoms with Crippen LogP contribution in [0.4, 0.5) is 0 Å². The predicted molar refractivity (Wildman–Crippen MR) is 84.2 cm³/mol. The highest BCUT2D eigenvalue weighted by atomic mass is 16.5. The van der Waals surface area contributed by atoms with E-state index in [4.69, 9.17) is 20.0 Å². The lowest BCUT2D eigenvalue weighted by Crippen LogP contribution is -1.91. The molecule has 0 aliphatic carbocycles. The molecule has 2 aromatic rings. The van der Waals surface area contributed by atoms with E-state index in [-0.39, 0.29) is 5.57 Å². The quantitative estimate of drug-likeness (QED) is 0.803. The lowest BCUT2D eigenvalue weighted by atomic mass is 9.98. The number of benzene rings is 2. The molecule has 2 aromatic carbocycles. The molecule has 0 N–H and O–H groups in total. The van der Waals surface area contributed by atoms with E-state index < -0.39 is 0 Å². The van der Waals surface area contributed by atoms with Crippen LogP contribution in [0.2, 0.25) is 0 Å². The van der Waals surface area contributed by atoms with E-state index in [1.165, 1.54) is 0 Å². The Bertz CT molecular complexity index is 779. The van der Waals surface area contributed by atoms with Crippen molar-refractivity contribution in [2.75, 3.05) is 14.2 Å². The molecule has 0 amide bonds. The number of rotatable bonds is 4. The Kier molecular flexibility index (Phi) is 4.80. The minimum Gasteiger partial charge on any atom is -0.493 e. The Labute approximate surface area is 129 Å². The smallest absolute Gasteiger partial charge is 0.161 e. The fourth-order valence-electron chi connectivity index (χ4n) is 2.13. The summed E-state index contributed by atoms with van der Waals surface area (Å²) < 4.78 is 10.6. The summed E-state index contributed by atoms with van der Waals surface area (Å²) in [5.41, 5.74) is 2.69. The molecule has 108 valence electrons. The number of methoxy groups -OCH3 is 2. The van der Waals surface area contributed by atoms with Gasteiger partial charge >= 0.3 is 0 Å². The summed E-state index contributed by atoms with van der Waals surface area (Å²) in [6, 6.07) is 16.9. The van der Waals surface area contributed by atoms with Gasteiger partial charge in [-0.1, -0.05) is 30.3 Å². The van der Waals surface area contributed by atoms with E-state index in [1.54, 1.807) is 20.3 Å². The van der Waals surface area contributed by atoms with Gasteiger partial charge in [0, 0.05) is 0 Å². The van der Waals surface area contributed by atoms with Gasteiger partial charge in [0.05, 0.1) is 14.2 Å². The third-order valence-corrected chi connectivity index (χ3v) is 3.20. The monoisotopic (exact) mass is 290 g/mol. The van der Waals surface area contributed by atoms with Crippen molar-refractivity contribution in [2.24, 2.45) is 0 Å². The van der Waals surface area contributed by atoms with Gasteiger partial charge in [-0.05, 0) is 34.9 Å². The highest BCUT2D eigenvalue weighted by Gasteiger charge is 2.09. The number of hydrogen-bond donors (Lipinski definition) is 0. The van der Waals surface area contributed by atoms with Crippen molar-refractivity contribution in [2.45, 2.75) is 0 Å². The SMILES string of the molecule is COc1ccc(-c2ccccc2C=C(C#N)C#N)cc1OC. The summed E-state index contributed by atoms with van der Waals surface area (Å²) in [5.74, 6) is 1.27. The number of nitriles is 2. The van der Waals surface area contributed by atoms with Crippen molar-refractivity contribution >= 4 is 6.08 Å². The van der Waals surface area contributed by atoms with E-state index in [2.05, 4.69) is 0 Å². The molecular weight excluding hydrogens is 276 g/mol. The van der Waals surface area contributed by atoms with Gasteiger partial charge in [-0.25, -0.2) is 0 Å². The van der Waals surface area contributed by atoms with Crippen LogP contribution >= 0.6 is 0 Å². The van der Waals surface area contributed by atoms with Gasteiger partial charge in [-0.3, -0.25) is 0 Å². The average molecular weight is 290 g/mol. The second-order valence-corrected chi connectivity index (χ2v) is 4.44. The highest BCUT2D eigenvalue weighted by molar-refractivity contribution is 5.79. The molecule has 22 heavy (non-hydrogen) atoms. The first-order valence-corrected chi connectivity index (χ1v) is 6.56. The van der Waals surface area contributed by atoms with Crippen LogP contribution in [0.5, 0.6) is 11.5 Å². The molecule has 0 aliphatic heterocycles. The second-order valence-electron chi connectivity index (χ2n) is 4.44. The molecule has 0 aliphatic rings. The summed E-state index contributed by atoms with van der Waals surface area (Å²) in [5, 5.41) is 17.8. The van der Waals surface area contributed by atoms with Gasteiger partial charge in [0.25, 0.3) is 0 Å². The summed E-state index contributed by atoms with van der Waals surface area (Å²) in [7, 11) is 3.16. The van der Waals surface area contributed by atoms with Crippen LogP contribution < -0.4 is 9.47 Å². The van der Waals surface area contributed by atoms with Gasteiger partial charge in [0.1, 0.15) is 17.7 Å². The standard InChI is InChI=1S/C18H14N2O2/c1-21-17-8-7-15(10-18(17)22-2)16-6-4-3-5-14(16)9-13(11-19)12-20/h3-10H,1-2H3. The van der Waals surface area contributed by atoms with Gasteiger partial charge in [0.2, 0.25) is 0 Å². The number of ether oxygens (including phenoxy) is 2. The molecule has 0 saturated carbocycles. The summed E-state index contributed by atoms with van der Waals surface area (Å²) in [6.07, 6.45) is 1.58. The molecule has 0 bridgehead atoms. The van der Waals surface area contributed by atoms with E-state index in [0.29, 0.717) is 11.5 Å². The maximum absolute atomic E-state index is 8.92. The van der Waals surface area contributed by atoms with Crippen molar-refractivity contribution in [3.8, 4) is 34.8 Å². The van der Waals surface area contributed by atoms with Gasteiger partial charge in [0.15, 0.2) is 11.5 Å². The first kappa shape index (κ1) is 15.2. The molecule has 0 heterocycles. The molecule has 0 radical (unpaired) electrons. The Hall–Kier alpha value is -3.24. The van der Waals surface area contributed by atoms with Crippen molar-refractivity contribution in [1.29, 1.82) is 10.5 Å². The van der Waals surface area contributed by atoms with E-state index in [9.17, 15) is 0 Å².